The van der Waals surface area contributed by atoms with Crippen molar-refractivity contribution in [3.63, 3.8) is 0 Å². The Kier molecular flexibility index (Phi) is 3.92. The van der Waals surface area contributed by atoms with E-state index < -0.39 is 12.7 Å². The number of hydrogen-bond acceptors (Lipinski definition) is 4. The first-order valence-electron chi connectivity index (χ1n) is 4.42. The van der Waals surface area contributed by atoms with Gasteiger partial charge in [-0.1, -0.05) is 0 Å². The summed E-state index contributed by atoms with van der Waals surface area (Å²) < 4.78 is 36.5. The number of aromatic nitrogens is 1. The summed E-state index contributed by atoms with van der Waals surface area (Å²) in [6, 6.07) is 0. The van der Waals surface area contributed by atoms with Gasteiger partial charge in [-0.3, -0.25) is 0 Å². The number of nitrogens with two attached hydrogens (primary N) is 1. The molecule has 7 heteroatoms. The SMILES string of the molecule is CCN(CC(F)(F)F)c1ncc(CN)s1. The first-order valence-corrected chi connectivity index (χ1v) is 5.24. The van der Waals surface area contributed by atoms with Crippen molar-refractivity contribution in [3.8, 4) is 0 Å². The van der Waals surface area contributed by atoms with Gasteiger partial charge in [-0.2, -0.15) is 13.2 Å². The molecule has 0 atom stereocenters. The van der Waals surface area contributed by atoms with Crippen molar-refractivity contribution in [1.29, 1.82) is 0 Å². The van der Waals surface area contributed by atoms with E-state index in [2.05, 4.69) is 4.98 Å². The molecular formula is C8H12F3N3S. The lowest BCUT2D eigenvalue weighted by Gasteiger charge is -2.20. The molecule has 2 N–H and O–H groups in total. The molecule has 0 aliphatic heterocycles. The van der Waals surface area contributed by atoms with Gasteiger partial charge in [0.05, 0.1) is 0 Å². The zero-order chi connectivity index (χ0) is 11.5. The maximum Gasteiger partial charge on any atom is 0.406 e. The Balaban J connectivity index is 2.74. The number of rotatable bonds is 4. The number of nitrogens with zero attached hydrogens (tertiary/aromatic N) is 2. The van der Waals surface area contributed by atoms with E-state index in [-0.39, 0.29) is 6.54 Å². The Morgan fingerprint density at radius 1 is 1.53 bits per heavy atom. The largest absolute Gasteiger partial charge is 0.406 e. The average Bonchev–Trinajstić information content (AvgIpc) is 2.60. The summed E-state index contributed by atoms with van der Waals surface area (Å²) in [6.45, 7) is 1.27. The monoisotopic (exact) mass is 239 g/mol. The Labute approximate surface area is 89.7 Å². The molecule has 0 fully saturated rings. The lowest BCUT2D eigenvalue weighted by Crippen LogP contribution is -2.33. The number of hydrogen-bond donors (Lipinski definition) is 1. The summed E-state index contributed by atoms with van der Waals surface area (Å²) in [6.07, 6.45) is -2.69. The third-order valence-corrected chi connectivity index (χ3v) is 2.85. The van der Waals surface area contributed by atoms with E-state index >= 15 is 0 Å². The van der Waals surface area contributed by atoms with Gasteiger partial charge in [-0.25, -0.2) is 4.98 Å². The number of thiazole rings is 1. The zero-order valence-electron chi connectivity index (χ0n) is 8.21. The highest BCUT2D eigenvalue weighted by Crippen LogP contribution is 2.25. The van der Waals surface area contributed by atoms with Gasteiger partial charge in [-0.05, 0) is 6.92 Å². The molecule has 0 unspecified atom stereocenters. The van der Waals surface area contributed by atoms with Crippen LogP contribution in [0.5, 0.6) is 0 Å². The maximum absolute atomic E-state index is 12.2. The molecule has 86 valence electrons. The summed E-state index contributed by atoms with van der Waals surface area (Å²) in [5.74, 6) is 0. The fourth-order valence-corrected chi connectivity index (χ4v) is 1.92. The maximum atomic E-state index is 12.2. The lowest BCUT2D eigenvalue weighted by molar-refractivity contribution is -0.119. The van der Waals surface area contributed by atoms with Gasteiger partial charge in [0.25, 0.3) is 0 Å². The second kappa shape index (κ2) is 4.80. The van der Waals surface area contributed by atoms with Gasteiger partial charge >= 0.3 is 6.18 Å². The third kappa shape index (κ3) is 3.67. The molecule has 1 aromatic heterocycles. The lowest BCUT2D eigenvalue weighted by atomic mass is 10.5. The predicted molar refractivity (Wildman–Crippen MR) is 53.9 cm³/mol. The molecule has 0 aliphatic carbocycles. The van der Waals surface area contributed by atoms with E-state index in [1.165, 1.54) is 22.4 Å². The molecule has 0 spiro atoms. The third-order valence-electron chi connectivity index (χ3n) is 1.76. The van der Waals surface area contributed by atoms with Crippen LogP contribution in [0.3, 0.4) is 0 Å². The van der Waals surface area contributed by atoms with Crippen LogP contribution in [0.2, 0.25) is 0 Å². The topological polar surface area (TPSA) is 42.2 Å². The van der Waals surface area contributed by atoms with Crippen molar-refractivity contribution >= 4 is 16.5 Å². The van der Waals surface area contributed by atoms with E-state index in [0.717, 1.165) is 4.88 Å². The summed E-state index contributed by atoms with van der Waals surface area (Å²) in [5.41, 5.74) is 5.36. The van der Waals surface area contributed by atoms with Crippen LogP contribution in [0.4, 0.5) is 18.3 Å². The van der Waals surface area contributed by atoms with E-state index in [1.807, 2.05) is 0 Å². The van der Waals surface area contributed by atoms with Crippen molar-refractivity contribution in [3.05, 3.63) is 11.1 Å². The van der Waals surface area contributed by atoms with E-state index in [4.69, 9.17) is 5.73 Å². The van der Waals surface area contributed by atoms with Crippen LogP contribution in [0.1, 0.15) is 11.8 Å². The second-order valence-corrected chi connectivity index (χ2v) is 4.04. The second-order valence-electron chi connectivity index (χ2n) is 2.94. The quantitative estimate of drug-likeness (QED) is 0.873. The summed E-state index contributed by atoms with van der Waals surface area (Å²) in [4.78, 5) is 5.87. The molecule has 0 aliphatic rings. The van der Waals surface area contributed by atoms with Crippen LogP contribution in [-0.2, 0) is 6.54 Å². The fraction of sp³-hybridized carbons (Fsp3) is 0.625. The molecule has 0 bridgehead atoms. The molecule has 0 radical (unpaired) electrons. The summed E-state index contributed by atoms with van der Waals surface area (Å²) >= 11 is 1.20. The molecule has 0 saturated carbocycles. The van der Waals surface area contributed by atoms with Crippen LogP contribution < -0.4 is 10.6 Å². The first-order chi connectivity index (χ1) is 6.96. The van der Waals surface area contributed by atoms with Crippen LogP contribution in [0.25, 0.3) is 0 Å². The molecule has 3 nitrogen and oxygen atoms in total. The fourth-order valence-electron chi connectivity index (χ4n) is 1.07. The molecular weight excluding hydrogens is 227 g/mol. The highest BCUT2D eigenvalue weighted by Gasteiger charge is 2.31. The van der Waals surface area contributed by atoms with Crippen molar-refractivity contribution in [2.45, 2.75) is 19.6 Å². The number of alkyl halides is 3. The van der Waals surface area contributed by atoms with Gasteiger partial charge in [0.1, 0.15) is 6.54 Å². The molecule has 1 heterocycles. The predicted octanol–water partition coefficient (Wildman–Crippen LogP) is 1.99. The number of anilines is 1. The van der Waals surface area contributed by atoms with Crippen molar-refractivity contribution in [2.24, 2.45) is 5.73 Å². The zero-order valence-corrected chi connectivity index (χ0v) is 9.03. The molecule has 0 saturated heterocycles. The van der Waals surface area contributed by atoms with Gasteiger partial charge in [0.15, 0.2) is 5.13 Å². The van der Waals surface area contributed by atoms with Crippen LogP contribution in [0, 0.1) is 0 Å². The average molecular weight is 239 g/mol. The Morgan fingerprint density at radius 2 is 2.20 bits per heavy atom. The molecule has 1 rings (SSSR count). The highest BCUT2D eigenvalue weighted by atomic mass is 32.1. The Morgan fingerprint density at radius 3 is 2.60 bits per heavy atom. The molecule has 0 aromatic carbocycles. The Bertz CT molecular complexity index is 310. The summed E-state index contributed by atoms with van der Waals surface area (Å²) in [5, 5.41) is 0.371. The highest BCUT2D eigenvalue weighted by molar-refractivity contribution is 7.15. The van der Waals surface area contributed by atoms with E-state index in [9.17, 15) is 13.2 Å². The van der Waals surface area contributed by atoms with Crippen molar-refractivity contribution < 1.29 is 13.2 Å². The summed E-state index contributed by atoms with van der Waals surface area (Å²) in [7, 11) is 0. The van der Waals surface area contributed by atoms with E-state index in [0.29, 0.717) is 11.7 Å². The first kappa shape index (κ1) is 12.3. The Hall–Kier alpha value is -0.820. The minimum Gasteiger partial charge on any atom is -0.339 e. The van der Waals surface area contributed by atoms with Gasteiger partial charge < -0.3 is 10.6 Å². The minimum atomic E-state index is -4.20. The number of halogens is 3. The van der Waals surface area contributed by atoms with Crippen molar-refractivity contribution in [2.75, 3.05) is 18.0 Å². The standard InChI is InChI=1S/C8H12F3N3S/c1-2-14(5-8(9,10)11)7-13-4-6(3-12)15-7/h4H,2-3,5,12H2,1H3. The molecule has 0 amide bonds. The molecule has 15 heavy (non-hydrogen) atoms. The smallest absolute Gasteiger partial charge is 0.339 e. The van der Waals surface area contributed by atoms with Gasteiger partial charge in [0, 0.05) is 24.2 Å². The normalized spacial score (nSPS) is 11.8. The van der Waals surface area contributed by atoms with Gasteiger partial charge in [-0.15, -0.1) is 11.3 Å². The van der Waals surface area contributed by atoms with E-state index in [1.54, 1.807) is 6.92 Å². The van der Waals surface area contributed by atoms with Gasteiger partial charge in [0.2, 0.25) is 0 Å². The van der Waals surface area contributed by atoms with Crippen LogP contribution in [0.15, 0.2) is 6.20 Å². The van der Waals surface area contributed by atoms with Crippen molar-refractivity contribution in [1.82, 2.24) is 4.98 Å². The van der Waals surface area contributed by atoms with Crippen LogP contribution >= 0.6 is 11.3 Å². The minimum absolute atomic E-state index is 0.275. The molecule has 1 aromatic rings. The van der Waals surface area contributed by atoms with Crippen LogP contribution in [-0.4, -0.2) is 24.2 Å².